The summed E-state index contributed by atoms with van der Waals surface area (Å²) in [4.78, 5) is 22.9. The zero-order chi connectivity index (χ0) is 39.3. The Labute approximate surface area is 357 Å². The SMILES string of the molecule is Cc1ccc2c(n1)oc1c(-c3ccc(CCCCCCc4ccc(-c5[c-]ccc6c5oc5nc(C)ccc56)nc4)cn3)[c-]ccc12.[Ir+3].[c-]1ccccc1-c1ccccn1. The van der Waals surface area contributed by atoms with Gasteiger partial charge in [-0.05, 0) is 98.1 Å². The number of hydrogen-bond acceptors (Lipinski definition) is 7. The molecule has 0 saturated heterocycles. The van der Waals surface area contributed by atoms with Crippen LogP contribution in [0, 0.1) is 32.0 Å². The van der Waals surface area contributed by atoms with Gasteiger partial charge in [-0.3, -0.25) is 0 Å². The van der Waals surface area contributed by atoms with Crippen LogP contribution >= 0.6 is 0 Å². The van der Waals surface area contributed by atoms with Crippen molar-refractivity contribution < 1.29 is 28.9 Å². The molecular formula is C51H40IrN5O2. The minimum Gasteiger partial charge on any atom is -0.486 e. The molecule has 10 aromatic rings. The van der Waals surface area contributed by atoms with Crippen LogP contribution in [-0.2, 0) is 32.9 Å². The van der Waals surface area contributed by atoms with Crippen LogP contribution in [0.2, 0.25) is 0 Å². The summed E-state index contributed by atoms with van der Waals surface area (Å²) in [5.41, 5.74) is 12.7. The molecule has 0 aliphatic rings. The van der Waals surface area contributed by atoms with Crippen molar-refractivity contribution in [2.45, 2.75) is 52.4 Å². The molecule has 0 bridgehead atoms. The van der Waals surface area contributed by atoms with Crippen LogP contribution < -0.4 is 0 Å². The summed E-state index contributed by atoms with van der Waals surface area (Å²) in [5.74, 6) is 0. The molecule has 0 unspecified atom stereocenters. The van der Waals surface area contributed by atoms with Gasteiger partial charge in [-0.25, -0.2) is 9.97 Å². The third kappa shape index (κ3) is 8.75. The van der Waals surface area contributed by atoms with Crippen LogP contribution in [0.5, 0.6) is 0 Å². The summed E-state index contributed by atoms with van der Waals surface area (Å²) in [7, 11) is 0. The van der Waals surface area contributed by atoms with Crippen molar-refractivity contribution in [1.29, 1.82) is 0 Å². The number of aryl methyl sites for hydroxylation is 4. The molecule has 7 aromatic heterocycles. The van der Waals surface area contributed by atoms with Crippen LogP contribution in [0.3, 0.4) is 0 Å². The van der Waals surface area contributed by atoms with Crippen LogP contribution in [0.4, 0.5) is 0 Å². The van der Waals surface area contributed by atoms with Gasteiger partial charge in [0.05, 0.1) is 11.2 Å². The molecule has 3 aromatic carbocycles. The fraction of sp³-hybridized carbons (Fsp3) is 0.157. The van der Waals surface area contributed by atoms with Gasteiger partial charge in [-0.15, -0.1) is 72.3 Å². The number of furan rings is 2. The monoisotopic (exact) mass is 947 g/mol. The van der Waals surface area contributed by atoms with E-state index in [2.05, 4.69) is 69.5 Å². The van der Waals surface area contributed by atoms with Gasteiger partial charge in [0, 0.05) is 40.8 Å². The van der Waals surface area contributed by atoms with Crippen LogP contribution in [-0.4, -0.2) is 24.9 Å². The van der Waals surface area contributed by atoms with Crippen LogP contribution in [0.15, 0.2) is 143 Å². The van der Waals surface area contributed by atoms with Crippen molar-refractivity contribution in [3.05, 3.63) is 175 Å². The van der Waals surface area contributed by atoms with E-state index in [0.717, 1.165) is 104 Å². The van der Waals surface area contributed by atoms with E-state index in [-0.39, 0.29) is 20.1 Å². The van der Waals surface area contributed by atoms with Gasteiger partial charge in [0.1, 0.15) is 0 Å². The van der Waals surface area contributed by atoms with Crippen LogP contribution in [0.1, 0.15) is 48.2 Å². The second-order valence-electron chi connectivity index (χ2n) is 14.5. The fourth-order valence-corrected chi connectivity index (χ4v) is 7.34. The van der Waals surface area contributed by atoms with Crippen molar-refractivity contribution in [3.8, 4) is 33.8 Å². The zero-order valence-electron chi connectivity index (χ0n) is 32.8. The second-order valence-corrected chi connectivity index (χ2v) is 14.5. The van der Waals surface area contributed by atoms with E-state index in [0.29, 0.717) is 11.4 Å². The summed E-state index contributed by atoms with van der Waals surface area (Å²) in [6.07, 6.45) is 12.4. The van der Waals surface area contributed by atoms with Gasteiger partial charge in [0.25, 0.3) is 0 Å². The van der Waals surface area contributed by atoms with E-state index in [9.17, 15) is 0 Å². The quantitative estimate of drug-likeness (QED) is 0.0996. The van der Waals surface area contributed by atoms with Gasteiger partial charge in [0.2, 0.25) is 11.4 Å². The molecule has 7 heterocycles. The summed E-state index contributed by atoms with van der Waals surface area (Å²) < 4.78 is 12.3. The Morgan fingerprint density at radius 3 is 1.51 bits per heavy atom. The van der Waals surface area contributed by atoms with Gasteiger partial charge in [-0.1, -0.05) is 71.1 Å². The molecule has 0 N–H and O–H groups in total. The standard InChI is InChI=1S/C40H32N4O2.C11H8N.Ir/c1-25-15-19-31-29-11-7-13-33(37(29)45-39(31)43-25)35-21-17-27(23-41-35)9-5-3-4-6-10-28-18-22-36(42-24-28)34-14-8-12-30-32-20-16-26(2)44-40(32)46-38(30)34;1-2-6-10(7-3-1)11-8-4-5-9-12-11;/h7-8,11-12,15-24H,3-6,9-10H2,1-2H3;1-6,8-9H;/q-2;-1;+3. The predicted octanol–water partition coefficient (Wildman–Crippen LogP) is 12.5. The molecule has 7 nitrogen and oxygen atoms in total. The van der Waals surface area contributed by atoms with Crippen molar-refractivity contribution >= 4 is 44.1 Å². The molecule has 0 aliphatic heterocycles. The number of benzene rings is 3. The van der Waals surface area contributed by atoms with E-state index in [1.165, 1.54) is 24.0 Å². The molecule has 290 valence electrons. The van der Waals surface area contributed by atoms with E-state index in [1.54, 1.807) is 6.20 Å². The Balaban J connectivity index is 0.000000319. The van der Waals surface area contributed by atoms with Crippen molar-refractivity contribution in [3.63, 3.8) is 0 Å². The molecule has 0 fully saturated rings. The molecule has 0 aliphatic carbocycles. The first-order chi connectivity index (χ1) is 28.6. The molecular weight excluding hydrogens is 907 g/mol. The first-order valence-corrected chi connectivity index (χ1v) is 19.8. The van der Waals surface area contributed by atoms with E-state index >= 15 is 0 Å². The first-order valence-electron chi connectivity index (χ1n) is 19.8. The smallest absolute Gasteiger partial charge is 0.486 e. The number of aromatic nitrogens is 5. The summed E-state index contributed by atoms with van der Waals surface area (Å²) in [6.45, 7) is 3.94. The van der Waals surface area contributed by atoms with Crippen molar-refractivity contribution in [2.24, 2.45) is 0 Å². The average Bonchev–Trinajstić information content (AvgIpc) is 3.83. The van der Waals surface area contributed by atoms with Crippen LogP contribution in [0.25, 0.3) is 77.9 Å². The summed E-state index contributed by atoms with van der Waals surface area (Å²) in [5, 5.41) is 4.12. The van der Waals surface area contributed by atoms with Gasteiger partial charge >= 0.3 is 20.1 Å². The van der Waals surface area contributed by atoms with Gasteiger partial charge in [-0.2, -0.15) is 0 Å². The minimum atomic E-state index is 0. The first kappa shape index (κ1) is 39.5. The van der Waals surface area contributed by atoms with Gasteiger partial charge < -0.3 is 23.8 Å². The number of nitrogens with zero attached hydrogens (tertiary/aromatic N) is 5. The Morgan fingerprint density at radius 2 is 1.03 bits per heavy atom. The van der Waals surface area contributed by atoms with Crippen molar-refractivity contribution in [1.82, 2.24) is 24.9 Å². The Bertz CT molecular complexity index is 2760. The number of fused-ring (bicyclic) bond motifs is 6. The second kappa shape index (κ2) is 18.1. The topological polar surface area (TPSA) is 90.7 Å². The minimum absolute atomic E-state index is 0. The molecule has 0 saturated carbocycles. The summed E-state index contributed by atoms with van der Waals surface area (Å²) in [6, 6.07) is 48.1. The summed E-state index contributed by atoms with van der Waals surface area (Å²) >= 11 is 0. The maximum atomic E-state index is 6.14. The third-order valence-electron chi connectivity index (χ3n) is 10.4. The van der Waals surface area contributed by atoms with Crippen molar-refractivity contribution in [2.75, 3.05) is 0 Å². The zero-order valence-corrected chi connectivity index (χ0v) is 35.2. The Morgan fingerprint density at radius 1 is 0.475 bits per heavy atom. The van der Waals surface area contributed by atoms with E-state index < -0.39 is 0 Å². The maximum absolute atomic E-state index is 6.14. The molecule has 0 radical (unpaired) electrons. The normalized spacial score (nSPS) is 11.2. The number of pyridine rings is 5. The number of unbranched alkanes of at least 4 members (excludes halogenated alkanes) is 3. The van der Waals surface area contributed by atoms with E-state index in [4.69, 9.17) is 18.8 Å². The van der Waals surface area contributed by atoms with E-state index in [1.807, 2.05) is 105 Å². The molecule has 8 heteroatoms. The molecule has 59 heavy (non-hydrogen) atoms. The Hall–Kier alpha value is -6.34. The fourth-order valence-electron chi connectivity index (χ4n) is 7.34. The number of rotatable bonds is 10. The average molecular weight is 947 g/mol. The Kier molecular flexibility index (Phi) is 12.1. The number of hydrogen-bond donors (Lipinski definition) is 0. The maximum Gasteiger partial charge on any atom is 3.00 e. The predicted molar refractivity (Wildman–Crippen MR) is 231 cm³/mol. The molecule has 0 spiro atoms. The molecule has 0 atom stereocenters. The largest absolute Gasteiger partial charge is 3.00 e. The molecule has 10 rings (SSSR count). The van der Waals surface area contributed by atoms with Gasteiger partial charge in [0.15, 0.2) is 0 Å². The third-order valence-corrected chi connectivity index (χ3v) is 10.4. The molecule has 0 amide bonds.